The number of hydrogen-bond donors (Lipinski definition) is 2. The fourth-order valence-electron chi connectivity index (χ4n) is 3.35. The first kappa shape index (κ1) is 13.3. The number of rotatable bonds is 2. The number of aromatic nitrogens is 3. The fraction of sp³-hybridized carbons (Fsp3) is 0.400. The molecule has 2 aromatic heterocycles. The van der Waals surface area contributed by atoms with Gasteiger partial charge in [-0.05, 0) is 17.7 Å². The molecule has 0 radical (unpaired) electrons. The first-order chi connectivity index (χ1) is 10.6. The highest BCUT2D eigenvalue weighted by Crippen LogP contribution is 2.41. The van der Waals surface area contributed by atoms with Crippen LogP contribution in [0.1, 0.15) is 17.5 Å². The Morgan fingerprint density at radius 1 is 1.23 bits per heavy atom. The molecule has 0 aromatic carbocycles. The van der Waals surface area contributed by atoms with E-state index in [1.807, 2.05) is 24.5 Å². The van der Waals surface area contributed by atoms with Gasteiger partial charge in [0.05, 0.1) is 5.56 Å². The van der Waals surface area contributed by atoms with E-state index in [0.29, 0.717) is 11.7 Å². The van der Waals surface area contributed by atoms with Crippen molar-refractivity contribution in [2.24, 2.45) is 0 Å². The molecule has 2 aliphatic heterocycles. The number of fused-ring (bicyclic) bond motifs is 1. The number of nitrogens with two attached hydrogens (primary N) is 2. The maximum atomic E-state index is 6.12. The third-order valence-corrected chi connectivity index (χ3v) is 4.38. The normalized spacial score (nSPS) is 23.6. The van der Waals surface area contributed by atoms with Gasteiger partial charge < -0.3 is 16.2 Å². The molecule has 0 saturated carbocycles. The molecule has 2 aliphatic rings. The van der Waals surface area contributed by atoms with Crippen molar-refractivity contribution in [1.82, 2.24) is 19.9 Å². The maximum Gasteiger partial charge on any atom is 0.225 e. The van der Waals surface area contributed by atoms with E-state index in [4.69, 9.17) is 16.2 Å². The molecule has 0 bridgehead atoms. The summed E-state index contributed by atoms with van der Waals surface area (Å²) in [6.07, 6.45) is 5.35. The van der Waals surface area contributed by atoms with E-state index in [1.54, 1.807) is 0 Å². The van der Waals surface area contributed by atoms with Gasteiger partial charge in [0.25, 0.3) is 0 Å². The Balaban J connectivity index is 1.50. The molecular weight excluding hydrogens is 280 g/mol. The minimum atomic E-state index is -0.244. The van der Waals surface area contributed by atoms with Crippen LogP contribution in [0.25, 0.3) is 0 Å². The molecule has 0 amide bonds. The van der Waals surface area contributed by atoms with E-state index in [2.05, 4.69) is 19.9 Å². The second kappa shape index (κ2) is 4.81. The van der Waals surface area contributed by atoms with Crippen molar-refractivity contribution in [3.05, 3.63) is 35.7 Å². The Hall–Kier alpha value is -2.41. The van der Waals surface area contributed by atoms with Crippen molar-refractivity contribution >= 4 is 11.8 Å². The summed E-state index contributed by atoms with van der Waals surface area (Å²) in [6.45, 7) is 2.73. The molecular formula is C15H18N6O. The van der Waals surface area contributed by atoms with Gasteiger partial charge in [0.15, 0.2) is 0 Å². The zero-order valence-corrected chi connectivity index (χ0v) is 12.2. The van der Waals surface area contributed by atoms with Crippen molar-refractivity contribution in [2.45, 2.75) is 25.0 Å². The van der Waals surface area contributed by atoms with Crippen molar-refractivity contribution < 1.29 is 4.74 Å². The van der Waals surface area contributed by atoms with Crippen molar-refractivity contribution in [2.75, 3.05) is 24.6 Å². The summed E-state index contributed by atoms with van der Waals surface area (Å²) < 4.78 is 6.12. The molecule has 1 unspecified atom stereocenters. The lowest BCUT2D eigenvalue weighted by atomic mass is 9.97. The molecule has 2 aromatic rings. The van der Waals surface area contributed by atoms with Crippen LogP contribution in [0.15, 0.2) is 24.5 Å². The summed E-state index contributed by atoms with van der Waals surface area (Å²) in [5.74, 6) is 1.16. The smallest absolute Gasteiger partial charge is 0.225 e. The SMILES string of the molecule is Nc1nc(N)c2c(n1)OC1(CCN(Cc3ccncc3)C1)C2. The largest absolute Gasteiger partial charge is 0.469 e. The Kier molecular flexibility index (Phi) is 2.90. The van der Waals surface area contributed by atoms with E-state index in [1.165, 1.54) is 5.56 Å². The Morgan fingerprint density at radius 3 is 2.86 bits per heavy atom. The van der Waals surface area contributed by atoms with Gasteiger partial charge >= 0.3 is 0 Å². The molecule has 4 rings (SSSR count). The molecule has 1 saturated heterocycles. The Labute approximate surface area is 128 Å². The van der Waals surface area contributed by atoms with Crippen molar-refractivity contribution in [3.63, 3.8) is 0 Å². The van der Waals surface area contributed by atoms with Crippen LogP contribution in [0, 0.1) is 0 Å². The van der Waals surface area contributed by atoms with Gasteiger partial charge in [0, 0.05) is 44.9 Å². The number of nitrogens with zero attached hydrogens (tertiary/aromatic N) is 4. The summed E-state index contributed by atoms with van der Waals surface area (Å²) in [4.78, 5) is 14.6. The summed E-state index contributed by atoms with van der Waals surface area (Å²) >= 11 is 0. The van der Waals surface area contributed by atoms with Gasteiger partial charge in [0.1, 0.15) is 11.4 Å². The molecule has 7 nitrogen and oxygen atoms in total. The third kappa shape index (κ3) is 2.23. The lowest BCUT2D eigenvalue weighted by molar-refractivity contribution is 0.0965. The van der Waals surface area contributed by atoms with Gasteiger partial charge in [-0.2, -0.15) is 9.97 Å². The van der Waals surface area contributed by atoms with Crippen molar-refractivity contribution in [1.29, 1.82) is 0 Å². The summed E-state index contributed by atoms with van der Waals surface area (Å²) in [5.41, 5.74) is 13.5. The average Bonchev–Trinajstić information content (AvgIpc) is 3.04. The molecule has 22 heavy (non-hydrogen) atoms. The molecule has 0 aliphatic carbocycles. The van der Waals surface area contributed by atoms with E-state index in [-0.39, 0.29) is 11.5 Å². The molecule has 1 fully saturated rings. The average molecular weight is 298 g/mol. The highest BCUT2D eigenvalue weighted by Gasteiger charge is 2.46. The first-order valence-corrected chi connectivity index (χ1v) is 7.36. The second-order valence-corrected chi connectivity index (χ2v) is 6.03. The van der Waals surface area contributed by atoms with Crippen LogP contribution < -0.4 is 16.2 Å². The molecule has 114 valence electrons. The van der Waals surface area contributed by atoms with Gasteiger partial charge in [-0.15, -0.1) is 0 Å². The third-order valence-electron chi connectivity index (χ3n) is 4.38. The lowest BCUT2D eigenvalue weighted by Gasteiger charge is -2.23. The number of pyridine rings is 1. The molecule has 1 spiro atoms. The maximum absolute atomic E-state index is 6.12. The highest BCUT2D eigenvalue weighted by molar-refractivity contribution is 5.52. The standard InChI is InChI=1S/C15H18N6O/c16-12-11-7-15(22-13(11)20-14(17)19-12)3-6-21(9-15)8-10-1-4-18-5-2-10/h1-2,4-5H,3,6-9H2,(H4,16,17,19,20). The molecule has 4 N–H and O–H groups in total. The molecule has 7 heteroatoms. The highest BCUT2D eigenvalue weighted by atomic mass is 16.5. The van der Waals surface area contributed by atoms with E-state index in [9.17, 15) is 0 Å². The molecule has 4 heterocycles. The Bertz CT molecular complexity index is 707. The van der Waals surface area contributed by atoms with Crippen molar-refractivity contribution in [3.8, 4) is 5.88 Å². The van der Waals surface area contributed by atoms with Gasteiger partial charge in [-0.25, -0.2) is 0 Å². The van der Waals surface area contributed by atoms with E-state index >= 15 is 0 Å². The fourth-order valence-corrected chi connectivity index (χ4v) is 3.35. The number of hydrogen-bond acceptors (Lipinski definition) is 7. The predicted molar refractivity (Wildman–Crippen MR) is 82.1 cm³/mol. The van der Waals surface area contributed by atoms with Crippen LogP contribution in [-0.4, -0.2) is 38.5 Å². The summed E-state index contributed by atoms with van der Waals surface area (Å²) in [6, 6.07) is 4.08. The number of anilines is 2. The Morgan fingerprint density at radius 2 is 2.05 bits per heavy atom. The van der Waals surface area contributed by atoms with Crippen LogP contribution in [0.5, 0.6) is 5.88 Å². The predicted octanol–water partition coefficient (Wildman–Crippen LogP) is 0.616. The van der Waals surface area contributed by atoms with Gasteiger partial charge in [0.2, 0.25) is 11.8 Å². The van der Waals surface area contributed by atoms with Gasteiger partial charge in [-0.1, -0.05) is 0 Å². The van der Waals surface area contributed by atoms with E-state index < -0.39 is 0 Å². The van der Waals surface area contributed by atoms with Crippen LogP contribution >= 0.6 is 0 Å². The van der Waals surface area contributed by atoms with Crippen LogP contribution in [0.4, 0.5) is 11.8 Å². The van der Waals surface area contributed by atoms with Gasteiger partial charge in [-0.3, -0.25) is 9.88 Å². The van der Waals surface area contributed by atoms with Crippen LogP contribution in [0.3, 0.4) is 0 Å². The first-order valence-electron chi connectivity index (χ1n) is 7.36. The monoisotopic (exact) mass is 298 g/mol. The van der Waals surface area contributed by atoms with Crippen LogP contribution in [-0.2, 0) is 13.0 Å². The lowest BCUT2D eigenvalue weighted by Crippen LogP contribution is -2.37. The minimum absolute atomic E-state index is 0.167. The summed E-state index contributed by atoms with van der Waals surface area (Å²) in [7, 11) is 0. The quantitative estimate of drug-likeness (QED) is 0.837. The zero-order valence-electron chi connectivity index (χ0n) is 12.2. The minimum Gasteiger partial charge on any atom is -0.469 e. The molecule has 1 atom stereocenters. The number of likely N-dealkylation sites (tertiary alicyclic amines) is 1. The van der Waals surface area contributed by atoms with E-state index in [0.717, 1.165) is 38.0 Å². The zero-order chi connectivity index (χ0) is 15.2. The summed E-state index contributed by atoms with van der Waals surface area (Å²) in [5, 5.41) is 0. The number of nitrogen functional groups attached to an aromatic ring is 2. The second-order valence-electron chi connectivity index (χ2n) is 6.03. The van der Waals surface area contributed by atoms with Crippen LogP contribution in [0.2, 0.25) is 0 Å². The topological polar surface area (TPSA) is 103 Å². The number of ether oxygens (including phenoxy) is 1.